The van der Waals surface area contributed by atoms with Crippen molar-refractivity contribution >= 4 is 11.7 Å². The third-order valence-electron chi connectivity index (χ3n) is 3.79. The molecular weight excluding hydrogens is 377 g/mol. The number of aromatic nitrogens is 2. The molecule has 2 rings (SSSR count). The first-order valence-electron chi connectivity index (χ1n) is 7.91. The number of nitrogen functional groups attached to an aromatic ring is 1. The lowest BCUT2D eigenvalue weighted by molar-refractivity contribution is -0.173. The highest BCUT2D eigenvalue weighted by Gasteiger charge is 2.45. The number of alkyl halides is 3. The number of ether oxygens (including phenoxy) is 2. The van der Waals surface area contributed by atoms with Crippen LogP contribution in [0.5, 0.6) is 0 Å². The number of hydrogen-bond acceptors (Lipinski definition) is 8. The fourth-order valence-electron chi connectivity index (χ4n) is 2.49. The van der Waals surface area contributed by atoms with E-state index in [0.29, 0.717) is 0 Å². The van der Waals surface area contributed by atoms with Crippen molar-refractivity contribution in [3.05, 3.63) is 22.7 Å². The molecule has 27 heavy (non-hydrogen) atoms. The van der Waals surface area contributed by atoms with E-state index in [1.165, 1.54) is 12.3 Å². The molecule has 0 aromatic carbocycles. The zero-order valence-electron chi connectivity index (χ0n) is 13.9. The van der Waals surface area contributed by atoms with E-state index in [0.717, 1.165) is 4.57 Å². The Morgan fingerprint density at radius 3 is 2.78 bits per heavy atom. The van der Waals surface area contributed by atoms with Crippen molar-refractivity contribution < 1.29 is 37.7 Å². The van der Waals surface area contributed by atoms with Crippen LogP contribution in [-0.4, -0.2) is 69.9 Å². The van der Waals surface area contributed by atoms with E-state index < -0.39 is 48.9 Å². The molecule has 1 aliphatic heterocycles. The van der Waals surface area contributed by atoms with Gasteiger partial charge < -0.3 is 30.7 Å². The molecule has 0 radical (unpaired) electrons. The second kappa shape index (κ2) is 8.65. The van der Waals surface area contributed by atoms with Crippen LogP contribution >= 0.6 is 0 Å². The van der Waals surface area contributed by atoms with Gasteiger partial charge >= 0.3 is 17.8 Å². The molecule has 0 unspecified atom stereocenters. The molecule has 4 atom stereocenters. The van der Waals surface area contributed by atoms with Crippen molar-refractivity contribution in [2.75, 3.05) is 25.5 Å². The minimum atomic E-state index is -4.97. The van der Waals surface area contributed by atoms with Crippen molar-refractivity contribution in [2.45, 2.75) is 37.1 Å². The molecule has 1 amide bonds. The number of aliphatic hydroxyl groups excluding tert-OH is 2. The number of anilines is 1. The van der Waals surface area contributed by atoms with E-state index >= 15 is 0 Å². The van der Waals surface area contributed by atoms with Crippen molar-refractivity contribution in [1.82, 2.24) is 14.9 Å². The second-order valence-electron chi connectivity index (χ2n) is 5.72. The van der Waals surface area contributed by atoms with Crippen LogP contribution in [-0.2, 0) is 14.3 Å². The second-order valence-corrected chi connectivity index (χ2v) is 5.72. The van der Waals surface area contributed by atoms with Crippen LogP contribution < -0.4 is 16.7 Å². The van der Waals surface area contributed by atoms with Gasteiger partial charge in [0.2, 0.25) is 0 Å². The fourth-order valence-corrected chi connectivity index (χ4v) is 2.49. The first kappa shape index (κ1) is 21.1. The number of nitrogens with zero attached hydrogens (tertiary/aromatic N) is 2. The Morgan fingerprint density at radius 2 is 2.19 bits per heavy atom. The molecule has 0 aliphatic carbocycles. The van der Waals surface area contributed by atoms with Gasteiger partial charge in [-0.25, -0.2) is 4.79 Å². The van der Waals surface area contributed by atoms with E-state index in [9.17, 15) is 33.0 Å². The number of aliphatic hydroxyl groups is 2. The van der Waals surface area contributed by atoms with Crippen LogP contribution in [0.1, 0.15) is 12.6 Å². The van der Waals surface area contributed by atoms with E-state index in [1.807, 2.05) is 0 Å². The third kappa shape index (κ3) is 5.15. The molecule has 13 heteroatoms. The number of halogens is 3. The predicted molar refractivity (Wildman–Crippen MR) is 83.3 cm³/mol. The van der Waals surface area contributed by atoms with Gasteiger partial charge in [-0.3, -0.25) is 9.36 Å². The molecule has 1 aromatic heterocycles. The van der Waals surface area contributed by atoms with Crippen LogP contribution in [0.2, 0.25) is 0 Å². The van der Waals surface area contributed by atoms with E-state index in [-0.39, 0.29) is 25.4 Å². The summed E-state index contributed by atoms with van der Waals surface area (Å²) in [7, 11) is 0. The maximum Gasteiger partial charge on any atom is 0.471 e. The molecule has 0 bridgehead atoms. The molecule has 0 spiro atoms. The van der Waals surface area contributed by atoms with Crippen molar-refractivity contribution in [1.29, 1.82) is 0 Å². The van der Waals surface area contributed by atoms with Gasteiger partial charge in [0.25, 0.3) is 0 Å². The number of carbonyl (C=O) groups is 1. The van der Waals surface area contributed by atoms with Crippen molar-refractivity contribution in [3.8, 4) is 0 Å². The Bertz CT molecular complexity index is 713. The molecule has 1 aromatic rings. The number of amides is 1. The largest absolute Gasteiger partial charge is 0.471 e. The number of rotatable bonds is 7. The Hall–Kier alpha value is -2.22. The van der Waals surface area contributed by atoms with Gasteiger partial charge in [0.15, 0.2) is 6.23 Å². The van der Waals surface area contributed by atoms with Gasteiger partial charge in [-0.2, -0.15) is 18.2 Å². The summed E-state index contributed by atoms with van der Waals surface area (Å²) in [5, 5.41) is 21.1. The van der Waals surface area contributed by atoms with Crippen LogP contribution in [0.15, 0.2) is 17.1 Å². The van der Waals surface area contributed by atoms with Crippen LogP contribution in [0.25, 0.3) is 0 Å². The van der Waals surface area contributed by atoms with Gasteiger partial charge in [-0.1, -0.05) is 0 Å². The highest BCUT2D eigenvalue weighted by molar-refractivity contribution is 5.81. The molecule has 152 valence electrons. The monoisotopic (exact) mass is 396 g/mol. The highest BCUT2D eigenvalue weighted by atomic mass is 19.4. The minimum absolute atomic E-state index is 0.0104. The topological polar surface area (TPSA) is 149 Å². The molecule has 10 nitrogen and oxygen atoms in total. The SMILES string of the molecule is Nc1ccn([C@@H]2O[C@H](CO)[C@@H](O)[C@H]2OCCCNC(=O)C(F)(F)F)c(=O)n1. The molecule has 1 aliphatic rings. The average molecular weight is 396 g/mol. The summed E-state index contributed by atoms with van der Waals surface area (Å²) in [4.78, 5) is 26.2. The van der Waals surface area contributed by atoms with Crippen LogP contribution in [0.3, 0.4) is 0 Å². The lowest BCUT2D eigenvalue weighted by Gasteiger charge is -2.22. The maximum absolute atomic E-state index is 12.1. The third-order valence-corrected chi connectivity index (χ3v) is 3.79. The summed E-state index contributed by atoms with van der Waals surface area (Å²) < 4.78 is 48.1. The minimum Gasteiger partial charge on any atom is -0.394 e. The standard InChI is InChI=1S/C14H19F3N4O6/c15-14(16,17)12(24)19-3-1-5-26-10-9(23)7(6-22)27-11(10)21-4-2-8(18)20-13(21)25/h2,4,7,9-11,22-23H,1,3,5-6H2,(H,19,24)(H2,18,20,25)/t7-,9-,10-,11-/m1/s1. The van der Waals surface area contributed by atoms with Gasteiger partial charge in [0.1, 0.15) is 24.1 Å². The summed E-state index contributed by atoms with van der Waals surface area (Å²) in [6.07, 6.45) is -8.23. The lowest BCUT2D eigenvalue weighted by atomic mass is 10.1. The smallest absolute Gasteiger partial charge is 0.394 e. The zero-order valence-corrected chi connectivity index (χ0v) is 13.9. The molecular formula is C14H19F3N4O6. The van der Waals surface area contributed by atoms with Crippen LogP contribution in [0.4, 0.5) is 19.0 Å². The van der Waals surface area contributed by atoms with E-state index in [4.69, 9.17) is 15.2 Å². The quantitative estimate of drug-likeness (QED) is 0.408. The number of carbonyl (C=O) groups excluding carboxylic acids is 1. The van der Waals surface area contributed by atoms with E-state index in [2.05, 4.69) is 4.98 Å². The first-order chi connectivity index (χ1) is 12.6. The van der Waals surface area contributed by atoms with Gasteiger partial charge in [-0.05, 0) is 12.5 Å². The summed E-state index contributed by atoms with van der Waals surface area (Å²) in [6.45, 7) is -0.995. The number of nitrogens with two attached hydrogens (primary N) is 1. The zero-order chi connectivity index (χ0) is 20.2. The predicted octanol–water partition coefficient (Wildman–Crippen LogP) is -1.47. The maximum atomic E-state index is 12.1. The normalized spacial score (nSPS) is 25.5. The Balaban J connectivity index is 1.97. The fraction of sp³-hybridized carbons (Fsp3) is 0.643. The Morgan fingerprint density at radius 1 is 1.48 bits per heavy atom. The van der Waals surface area contributed by atoms with E-state index in [1.54, 1.807) is 5.32 Å². The molecule has 1 fully saturated rings. The van der Waals surface area contributed by atoms with Gasteiger partial charge in [-0.15, -0.1) is 0 Å². The first-order valence-corrected chi connectivity index (χ1v) is 7.91. The van der Waals surface area contributed by atoms with Gasteiger partial charge in [0, 0.05) is 19.3 Å². The summed E-state index contributed by atoms with van der Waals surface area (Å²) in [5.74, 6) is -2.09. The number of hydrogen-bond donors (Lipinski definition) is 4. The molecule has 0 saturated carbocycles. The Kier molecular flexibility index (Phi) is 6.75. The van der Waals surface area contributed by atoms with Crippen LogP contribution in [0, 0.1) is 0 Å². The number of nitrogens with one attached hydrogen (secondary N) is 1. The molecule has 1 saturated heterocycles. The lowest BCUT2D eigenvalue weighted by Crippen LogP contribution is -2.39. The summed E-state index contributed by atoms with van der Waals surface area (Å²) in [5.41, 5.74) is 4.64. The summed E-state index contributed by atoms with van der Waals surface area (Å²) in [6, 6.07) is 1.33. The summed E-state index contributed by atoms with van der Waals surface area (Å²) >= 11 is 0. The van der Waals surface area contributed by atoms with Crippen molar-refractivity contribution in [2.24, 2.45) is 0 Å². The Labute approximate surface area is 150 Å². The van der Waals surface area contributed by atoms with Gasteiger partial charge in [0.05, 0.1) is 6.61 Å². The molecule has 2 heterocycles. The highest BCUT2D eigenvalue weighted by Crippen LogP contribution is 2.30. The molecule has 5 N–H and O–H groups in total. The average Bonchev–Trinajstić information content (AvgIpc) is 2.89. The van der Waals surface area contributed by atoms with Crippen molar-refractivity contribution in [3.63, 3.8) is 0 Å².